The van der Waals surface area contributed by atoms with Gasteiger partial charge in [0.25, 0.3) is 0 Å². The third kappa shape index (κ3) is 3.43. The van der Waals surface area contributed by atoms with Gasteiger partial charge in [0.2, 0.25) is 0 Å². The Morgan fingerprint density at radius 1 is 1.33 bits per heavy atom. The number of amides is 2. The third-order valence-corrected chi connectivity index (χ3v) is 4.40. The molecule has 3 rings (SSSR count). The monoisotopic (exact) mass is 323 g/mol. The highest BCUT2D eigenvalue weighted by molar-refractivity contribution is 5.76. The maximum Gasteiger partial charge on any atom is 0.318 e. The second kappa shape index (κ2) is 6.79. The maximum atomic E-state index is 12.8. The van der Waals surface area contributed by atoms with E-state index in [9.17, 15) is 4.79 Å². The highest BCUT2D eigenvalue weighted by Crippen LogP contribution is 2.34. The van der Waals surface area contributed by atoms with Gasteiger partial charge in [-0.1, -0.05) is 12.1 Å². The fourth-order valence-electron chi connectivity index (χ4n) is 2.90. The summed E-state index contributed by atoms with van der Waals surface area (Å²) in [5.41, 5.74) is 1.51. The van der Waals surface area contributed by atoms with E-state index in [1.165, 1.54) is 0 Å². The standard InChI is InChI=1S/C19H21N3O2/c1-13(16-6-3-5-15(11-16)12-20)21-19(23)22(17-8-9-17)14(2)18-7-4-10-24-18/h3-7,10-11,13-14,17H,8-9H2,1-2H3,(H,21,23)/t13-,14-/m1/s1. The van der Waals surface area contributed by atoms with Crippen molar-refractivity contribution in [3.05, 3.63) is 59.5 Å². The molecule has 2 aromatic rings. The van der Waals surface area contributed by atoms with E-state index in [1.807, 2.05) is 49.1 Å². The van der Waals surface area contributed by atoms with E-state index >= 15 is 0 Å². The fourth-order valence-corrected chi connectivity index (χ4v) is 2.90. The van der Waals surface area contributed by atoms with Crippen LogP contribution in [0.3, 0.4) is 0 Å². The molecule has 24 heavy (non-hydrogen) atoms. The summed E-state index contributed by atoms with van der Waals surface area (Å²) in [5.74, 6) is 0.788. The highest BCUT2D eigenvalue weighted by Gasteiger charge is 2.37. The number of nitrogens with zero attached hydrogens (tertiary/aromatic N) is 2. The number of hydrogen-bond donors (Lipinski definition) is 1. The number of carbonyl (C=O) groups is 1. The van der Waals surface area contributed by atoms with Crippen LogP contribution in [-0.2, 0) is 0 Å². The lowest BCUT2D eigenvalue weighted by Gasteiger charge is -2.29. The van der Waals surface area contributed by atoms with Gasteiger partial charge in [0.15, 0.2) is 0 Å². The summed E-state index contributed by atoms with van der Waals surface area (Å²) in [6.45, 7) is 3.91. The normalized spacial score (nSPS) is 16.0. The fraction of sp³-hybridized carbons (Fsp3) is 0.368. The molecule has 1 aliphatic rings. The lowest BCUT2D eigenvalue weighted by Crippen LogP contribution is -2.43. The number of nitrogens with one attached hydrogen (secondary N) is 1. The summed E-state index contributed by atoms with van der Waals surface area (Å²) in [4.78, 5) is 14.7. The molecule has 1 N–H and O–H groups in total. The van der Waals surface area contributed by atoms with Crippen LogP contribution in [0.4, 0.5) is 4.79 Å². The van der Waals surface area contributed by atoms with E-state index in [4.69, 9.17) is 9.68 Å². The first-order valence-corrected chi connectivity index (χ1v) is 8.22. The van der Waals surface area contributed by atoms with Crippen LogP contribution in [-0.4, -0.2) is 17.0 Å². The first-order chi connectivity index (χ1) is 11.6. The molecule has 0 bridgehead atoms. The lowest BCUT2D eigenvalue weighted by atomic mass is 10.1. The molecule has 1 saturated carbocycles. The molecule has 124 valence electrons. The van der Waals surface area contributed by atoms with Gasteiger partial charge in [0.05, 0.1) is 30.0 Å². The quantitative estimate of drug-likeness (QED) is 0.898. The Balaban J connectivity index is 1.73. The molecular formula is C19H21N3O2. The zero-order valence-electron chi connectivity index (χ0n) is 13.9. The van der Waals surface area contributed by atoms with Crippen LogP contribution in [0.25, 0.3) is 0 Å². The van der Waals surface area contributed by atoms with E-state index in [1.54, 1.807) is 12.3 Å². The molecule has 5 nitrogen and oxygen atoms in total. The SMILES string of the molecule is C[C@H](c1ccco1)N(C(=O)N[C@H](C)c1cccc(C#N)c1)C1CC1. The van der Waals surface area contributed by atoms with E-state index < -0.39 is 0 Å². The van der Waals surface area contributed by atoms with Gasteiger partial charge in [-0.2, -0.15) is 5.26 Å². The van der Waals surface area contributed by atoms with Crippen LogP contribution in [0, 0.1) is 11.3 Å². The van der Waals surface area contributed by atoms with Gasteiger partial charge in [-0.3, -0.25) is 0 Å². The van der Waals surface area contributed by atoms with Crippen molar-refractivity contribution in [2.75, 3.05) is 0 Å². The molecule has 0 radical (unpaired) electrons. The van der Waals surface area contributed by atoms with Crippen LogP contribution in [0.5, 0.6) is 0 Å². The number of benzene rings is 1. The molecule has 0 aliphatic heterocycles. The minimum atomic E-state index is -0.171. The minimum absolute atomic E-state index is 0.101. The lowest BCUT2D eigenvalue weighted by molar-refractivity contribution is 0.163. The van der Waals surface area contributed by atoms with E-state index in [2.05, 4.69) is 11.4 Å². The van der Waals surface area contributed by atoms with Crippen LogP contribution >= 0.6 is 0 Å². The molecule has 2 amide bonds. The predicted molar refractivity (Wildman–Crippen MR) is 90.1 cm³/mol. The van der Waals surface area contributed by atoms with Crippen molar-refractivity contribution in [1.82, 2.24) is 10.2 Å². The van der Waals surface area contributed by atoms with Crippen molar-refractivity contribution >= 4 is 6.03 Å². The van der Waals surface area contributed by atoms with E-state index in [0.717, 1.165) is 24.2 Å². The molecule has 1 aliphatic carbocycles. The second-order valence-electron chi connectivity index (χ2n) is 6.24. The summed E-state index contributed by atoms with van der Waals surface area (Å²) < 4.78 is 5.47. The molecule has 1 heterocycles. The van der Waals surface area contributed by atoms with Crippen molar-refractivity contribution in [2.24, 2.45) is 0 Å². The number of nitriles is 1. The largest absolute Gasteiger partial charge is 0.467 e. The van der Waals surface area contributed by atoms with Crippen LogP contribution < -0.4 is 5.32 Å². The van der Waals surface area contributed by atoms with E-state index in [-0.39, 0.29) is 24.2 Å². The molecule has 1 aromatic carbocycles. The Bertz CT molecular complexity index is 744. The first-order valence-electron chi connectivity index (χ1n) is 8.22. The topological polar surface area (TPSA) is 69.3 Å². The number of rotatable bonds is 5. The molecule has 0 unspecified atom stereocenters. The van der Waals surface area contributed by atoms with Crippen molar-refractivity contribution in [3.63, 3.8) is 0 Å². The Hall–Kier alpha value is -2.74. The van der Waals surface area contributed by atoms with Crippen LogP contribution in [0.15, 0.2) is 47.1 Å². The number of urea groups is 1. The van der Waals surface area contributed by atoms with Crippen molar-refractivity contribution < 1.29 is 9.21 Å². The summed E-state index contributed by atoms with van der Waals surface area (Å²) in [6, 6.07) is 13.1. The van der Waals surface area contributed by atoms with E-state index in [0.29, 0.717) is 5.56 Å². The maximum absolute atomic E-state index is 12.8. The smallest absolute Gasteiger partial charge is 0.318 e. The van der Waals surface area contributed by atoms with Gasteiger partial charge in [0, 0.05) is 6.04 Å². The average Bonchev–Trinajstić information content (AvgIpc) is 3.26. The van der Waals surface area contributed by atoms with Gasteiger partial charge in [-0.05, 0) is 56.5 Å². The molecule has 0 saturated heterocycles. The van der Waals surface area contributed by atoms with Crippen molar-refractivity contribution in [2.45, 2.75) is 44.8 Å². The van der Waals surface area contributed by atoms with Crippen LogP contribution in [0.2, 0.25) is 0 Å². The Labute approximate surface area is 141 Å². The first kappa shape index (κ1) is 16.1. The number of furan rings is 1. The van der Waals surface area contributed by atoms with Crippen molar-refractivity contribution in [3.8, 4) is 6.07 Å². The Morgan fingerprint density at radius 3 is 2.75 bits per heavy atom. The second-order valence-corrected chi connectivity index (χ2v) is 6.24. The van der Waals surface area contributed by atoms with Gasteiger partial charge >= 0.3 is 6.03 Å². The molecule has 0 spiro atoms. The minimum Gasteiger partial charge on any atom is -0.467 e. The molecule has 1 fully saturated rings. The summed E-state index contributed by atoms with van der Waals surface area (Å²) in [7, 11) is 0. The zero-order valence-corrected chi connectivity index (χ0v) is 13.9. The summed E-state index contributed by atoms with van der Waals surface area (Å²) in [5, 5.41) is 12.1. The average molecular weight is 323 g/mol. The zero-order chi connectivity index (χ0) is 17.1. The highest BCUT2D eigenvalue weighted by atomic mass is 16.3. The van der Waals surface area contributed by atoms with Gasteiger partial charge in [-0.15, -0.1) is 0 Å². The third-order valence-electron chi connectivity index (χ3n) is 4.40. The Kier molecular flexibility index (Phi) is 4.57. The molecular weight excluding hydrogens is 302 g/mol. The van der Waals surface area contributed by atoms with Gasteiger partial charge in [-0.25, -0.2) is 4.79 Å². The van der Waals surface area contributed by atoms with Gasteiger partial charge < -0.3 is 14.6 Å². The van der Waals surface area contributed by atoms with Crippen molar-refractivity contribution in [1.29, 1.82) is 5.26 Å². The molecule has 2 atom stereocenters. The number of hydrogen-bond acceptors (Lipinski definition) is 3. The molecule has 1 aromatic heterocycles. The molecule has 5 heteroatoms. The summed E-state index contributed by atoms with van der Waals surface area (Å²) in [6.07, 6.45) is 3.68. The summed E-state index contributed by atoms with van der Waals surface area (Å²) >= 11 is 0. The van der Waals surface area contributed by atoms with Crippen LogP contribution in [0.1, 0.15) is 55.7 Å². The Morgan fingerprint density at radius 2 is 2.12 bits per heavy atom. The predicted octanol–water partition coefficient (Wildman–Crippen LogP) is 4.15. The van der Waals surface area contributed by atoms with Gasteiger partial charge in [0.1, 0.15) is 5.76 Å². The number of carbonyl (C=O) groups excluding carboxylic acids is 1.